The third-order valence-electron chi connectivity index (χ3n) is 5.74. The van der Waals surface area contributed by atoms with Crippen LogP contribution in [0, 0.1) is 0 Å². The number of hydrogen-bond acceptors (Lipinski definition) is 3. The second-order valence-corrected chi connectivity index (χ2v) is 7.86. The fourth-order valence-corrected chi connectivity index (χ4v) is 4.34. The Hall–Kier alpha value is -2.23. The van der Waals surface area contributed by atoms with Gasteiger partial charge in [-0.3, -0.25) is 0 Å². The van der Waals surface area contributed by atoms with Crippen molar-refractivity contribution >= 4 is 17.1 Å². The zero-order valence-electron chi connectivity index (χ0n) is 16.5. The molecule has 4 rings (SSSR count). The molecule has 2 aliphatic rings. The van der Waals surface area contributed by atoms with Gasteiger partial charge >= 0.3 is 0 Å². The van der Waals surface area contributed by atoms with Crippen LogP contribution in [0.3, 0.4) is 0 Å². The number of rotatable bonds is 7. The molecule has 0 bridgehead atoms. The van der Waals surface area contributed by atoms with Gasteiger partial charge in [0.05, 0.1) is 11.4 Å². The normalized spacial score (nSPS) is 16.0. The summed E-state index contributed by atoms with van der Waals surface area (Å²) in [5.74, 6) is 0. The molecular formula is C23H31N4+. The van der Waals surface area contributed by atoms with E-state index in [2.05, 4.69) is 63.3 Å². The maximum Gasteiger partial charge on any atom is 0.171 e. The molecule has 2 aliphatic heterocycles. The number of benzene rings is 1. The van der Waals surface area contributed by atoms with E-state index in [0.717, 1.165) is 17.9 Å². The quantitative estimate of drug-likeness (QED) is 0.354. The van der Waals surface area contributed by atoms with Crippen molar-refractivity contribution < 1.29 is 4.57 Å². The highest BCUT2D eigenvalue weighted by Crippen LogP contribution is 2.38. The summed E-state index contributed by atoms with van der Waals surface area (Å²) in [6.45, 7) is 5.76. The lowest BCUT2D eigenvalue weighted by Gasteiger charge is -2.36. The first-order valence-electron chi connectivity index (χ1n) is 10.6. The maximum atomic E-state index is 4.56. The van der Waals surface area contributed by atoms with Crippen molar-refractivity contribution in [1.29, 1.82) is 0 Å². The Kier molecular flexibility index (Phi) is 5.81. The first kappa shape index (κ1) is 18.1. The number of anilines is 1. The number of aromatic nitrogens is 1. The number of nitrogens with zero attached hydrogens (tertiary/aromatic N) is 4. The van der Waals surface area contributed by atoms with Gasteiger partial charge in [0.15, 0.2) is 12.4 Å². The monoisotopic (exact) mass is 363 g/mol. The molecule has 0 fully saturated rings. The molecule has 4 heteroatoms. The van der Waals surface area contributed by atoms with E-state index in [9.17, 15) is 0 Å². The summed E-state index contributed by atoms with van der Waals surface area (Å²) >= 11 is 0. The Balaban J connectivity index is 1.44. The molecule has 0 unspecified atom stereocenters. The van der Waals surface area contributed by atoms with Crippen molar-refractivity contribution in [2.45, 2.75) is 64.8 Å². The number of aryl methyl sites for hydroxylation is 3. The van der Waals surface area contributed by atoms with Crippen molar-refractivity contribution in [1.82, 2.24) is 0 Å². The van der Waals surface area contributed by atoms with Gasteiger partial charge in [-0.15, -0.1) is 0 Å². The van der Waals surface area contributed by atoms with E-state index in [-0.39, 0.29) is 0 Å². The second-order valence-electron chi connectivity index (χ2n) is 7.86. The van der Waals surface area contributed by atoms with Gasteiger partial charge in [-0.05, 0) is 55.4 Å². The lowest BCUT2D eigenvalue weighted by atomic mass is 9.91. The molecule has 3 heterocycles. The zero-order chi connectivity index (χ0) is 18.5. The maximum absolute atomic E-state index is 4.56. The molecule has 0 atom stereocenters. The minimum atomic E-state index is 0.924. The molecular weight excluding hydrogens is 332 g/mol. The van der Waals surface area contributed by atoms with Crippen LogP contribution in [0.1, 0.15) is 56.6 Å². The third kappa shape index (κ3) is 4.37. The van der Waals surface area contributed by atoms with Crippen molar-refractivity contribution in [3.05, 3.63) is 47.8 Å². The number of pyridine rings is 1. The summed E-state index contributed by atoms with van der Waals surface area (Å²) in [6, 6.07) is 8.62. The Labute approximate surface area is 162 Å². The second kappa shape index (κ2) is 8.64. The minimum Gasteiger partial charge on any atom is -0.371 e. The Morgan fingerprint density at radius 3 is 2.22 bits per heavy atom. The third-order valence-corrected chi connectivity index (χ3v) is 5.74. The Bertz CT molecular complexity index is 764. The standard InChI is InChI=1S/C23H31N4/c1-2-3-4-5-12-26-15-10-21(11-16-26)24-25-22-17-19-8-6-13-27-14-7-9-20(18-22)23(19)27/h10-11,15-18H,2-9,12-14H2,1H3/q+1. The Morgan fingerprint density at radius 2 is 1.56 bits per heavy atom. The van der Waals surface area contributed by atoms with Gasteiger partial charge in [0.2, 0.25) is 0 Å². The van der Waals surface area contributed by atoms with Crippen molar-refractivity contribution in [3.8, 4) is 0 Å². The van der Waals surface area contributed by atoms with Crippen LogP contribution in [-0.4, -0.2) is 13.1 Å². The first-order valence-corrected chi connectivity index (χ1v) is 10.6. The summed E-state index contributed by atoms with van der Waals surface area (Å²) < 4.78 is 2.24. The van der Waals surface area contributed by atoms with Crippen LogP contribution < -0.4 is 9.47 Å². The van der Waals surface area contributed by atoms with Crippen LogP contribution in [0.4, 0.5) is 17.1 Å². The zero-order valence-corrected chi connectivity index (χ0v) is 16.5. The molecule has 0 aliphatic carbocycles. The molecule has 2 aromatic rings. The van der Waals surface area contributed by atoms with E-state index >= 15 is 0 Å². The fraction of sp³-hybridized carbons (Fsp3) is 0.522. The summed E-state index contributed by atoms with van der Waals surface area (Å²) in [5, 5.41) is 9.04. The SMILES string of the molecule is CCCCCC[n+]1ccc(/N=N/c2cc3c4c(c2)CCCN4CCC3)cc1. The number of hydrogen-bond donors (Lipinski definition) is 0. The van der Waals surface area contributed by atoms with Crippen molar-refractivity contribution in [2.75, 3.05) is 18.0 Å². The van der Waals surface area contributed by atoms with E-state index in [4.69, 9.17) is 0 Å². The Morgan fingerprint density at radius 1 is 0.889 bits per heavy atom. The molecule has 27 heavy (non-hydrogen) atoms. The van der Waals surface area contributed by atoms with Crippen LogP contribution in [0.5, 0.6) is 0 Å². The first-order chi connectivity index (χ1) is 13.3. The highest BCUT2D eigenvalue weighted by molar-refractivity contribution is 5.67. The predicted octanol–water partition coefficient (Wildman–Crippen LogP) is 5.67. The molecule has 4 nitrogen and oxygen atoms in total. The summed E-state index contributed by atoms with van der Waals surface area (Å²) in [4.78, 5) is 2.56. The predicted molar refractivity (Wildman–Crippen MR) is 110 cm³/mol. The van der Waals surface area contributed by atoms with Gasteiger partial charge in [-0.2, -0.15) is 10.2 Å². The van der Waals surface area contributed by atoms with E-state index in [0.29, 0.717) is 0 Å². The molecule has 0 saturated heterocycles. The van der Waals surface area contributed by atoms with Gasteiger partial charge in [0, 0.05) is 37.3 Å². The molecule has 0 spiro atoms. The highest BCUT2D eigenvalue weighted by atomic mass is 15.1. The van der Waals surface area contributed by atoms with Gasteiger partial charge in [0.1, 0.15) is 6.54 Å². The van der Waals surface area contributed by atoms with Crippen molar-refractivity contribution in [3.63, 3.8) is 0 Å². The van der Waals surface area contributed by atoms with Crippen LogP contribution in [0.2, 0.25) is 0 Å². The van der Waals surface area contributed by atoms with Gasteiger partial charge in [0.25, 0.3) is 0 Å². The largest absolute Gasteiger partial charge is 0.371 e. The van der Waals surface area contributed by atoms with Gasteiger partial charge < -0.3 is 4.90 Å². The number of unbranched alkanes of at least 4 members (excludes halogenated alkanes) is 3. The summed E-state index contributed by atoms with van der Waals surface area (Å²) in [5.41, 5.74) is 6.35. The molecule has 0 radical (unpaired) electrons. The van der Waals surface area contributed by atoms with Crippen LogP contribution in [0.25, 0.3) is 0 Å². The molecule has 142 valence electrons. The van der Waals surface area contributed by atoms with Gasteiger partial charge in [-0.1, -0.05) is 19.8 Å². The van der Waals surface area contributed by atoms with Gasteiger partial charge in [-0.25, -0.2) is 4.57 Å². The fourth-order valence-electron chi connectivity index (χ4n) is 4.34. The molecule has 1 aromatic heterocycles. The van der Waals surface area contributed by atoms with Crippen LogP contribution in [-0.2, 0) is 19.4 Å². The van der Waals surface area contributed by atoms with E-state index in [1.54, 1.807) is 0 Å². The smallest absolute Gasteiger partial charge is 0.171 e. The molecule has 0 saturated carbocycles. The lowest BCUT2D eigenvalue weighted by Crippen LogP contribution is -2.34. The van der Waals surface area contributed by atoms with Crippen molar-refractivity contribution in [2.24, 2.45) is 10.2 Å². The summed E-state index contributed by atoms with van der Waals surface area (Å²) in [7, 11) is 0. The van der Waals surface area contributed by atoms with E-state index < -0.39 is 0 Å². The van der Waals surface area contributed by atoms with E-state index in [1.807, 2.05) is 0 Å². The van der Waals surface area contributed by atoms with E-state index in [1.165, 1.54) is 81.3 Å². The molecule has 1 aromatic carbocycles. The topological polar surface area (TPSA) is 31.8 Å². The van der Waals surface area contributed by atoms with Crippen LogP contribution in [0.15, 0.2) is 46.9 Å². The summed E-state index contributed by atoms with van der Waals surface area (Å²) in [6.07, 6.45) is 14.3. The minimum absolute atomic E-state index is 0.924. The molecule has 0 amide bonds. The van der Waals surface area contributed by atoms with Crippen LogP contribution >= 0.6 is 0 Å². The lowest BCUT2D eigenvalue weighted by molar-refractivity contribution is -0.697. The average molecular weight is 364 g/mol. The number of azo groups is 1. The molecule has 0 N–H and O–H groups in total. The average Bonchev–Trinajstić information content (AvgIpc) is 2.71. The highest BCUT2D eigenvalue weighted by Gasteiger charge is 2.24.